The summed E-state index contributed by atoms with van der Waals surface area (Å²) >= 11 is 11.8. The summed E-state index contributed by atoms with van der Waals surface area (Å²) in [5.41, 5.74) is 8.36. The number of halogens is 2. The maximum atomic E-state index is 12.6. The molecule has 11 heteroatoms. The number of ether oxygens (including phenoxy) is 2. The van der Waals surface area contributed by atoms with Gasteiger partial charge in [0.1, 0.15) is 6.04 Å². The summed E-state index contributed by atoms with van der Waals surface area (Å²) in [7, 11) is 1.44. The number of nitrogens with zero attached hydrogens (tertiary/aromatic N) is 1. The van der Waals surface area contributed by atoms with Gasteiger partial charge in [0.2, 0.25) is 0 Å². The molecule has 176 valence electrons. The number of hydrogen-bond acceptors (Lipinski definition) is 6. The van der Waals surface area contributed by atoms with Gasteiger partial charge in [0.05, 0.1) is 23.4 Å². The van der Waals surface area contributed by atoms with Crippen LogP contribution in [0.3, 0.4) is 0 Å². The maximum Gasteiger partial charge on any atom is 0.262 e. The number of benzene rings is 2. The summed E-state index contributed by atoms with van der Waals surface area (Å²) in [5, 5.41) is 7.18. The van der Waals surface area contributed by atoms with Gasteiger partial charge in [0, 0.05) is 5.56 Å². The number of carbonyl (C=O) groups is 3. The summed E-state index contributed by atoms with van der Waals surface area (Å²) in [5.74, 6) is -1.10. The van der Waals surface area contributed by atoms with Crippen molar-refractivity contribution >= 4 is 47.1 Å². The Kier molecular flexibility index (Phi) is 9.50. The number of nitrogens with one attached hydrogen (secondary N) is 2. The van der Waals surface area contributed by atoms with Gasteiger partial charge in [0.15, 0.2) is 18.1 Å². The molecule has 3 amide bonds. The van der Waals surface area contributed by atoms with Gasteiger partial charge in [-0.3, -0.25) is 14.4 Å². The van der Waals surface area contributed by atoms with E-state index in [0.29, 0.717) is 22.1 Å². The molecule has 0 bridgehead atoms. The molecule has 1 unspecified atom stereocenters. The van der Waals surface area contributed by atoms with Crippen LogP contribution in [0, 0.1) is 5.92 Å². The Balaban J connectivity index is 2.04. The van der Waals surface area contributed by atoms with Crippen molar-refractivity contribution in [2.24, 2.45) is 16.8 Å². The van der Waals surface area contributed by atoms with E-state index in [0.717, 1.165) is 0 Å². The molecule has 0 fully saturated rings. The highest BCUT2D eigenvalue weighted by Crippen LogP contribution is 2.27. The molecule has 0 heterocycles. The molecule has 0 aromatic heterocycles. The Morgan fingerprint density at radius 3 is 2.42 bits per heavy atom. The van der Waals surface area contributed by atoms with Crippen molar-refractivity contribution in [1.29, 1.82) is 0 Å². The van der Waals surface area contributed by atoms with Gasteiger partial charge in [-0.05, 0) is 47.9 Å². The molecule has 2 aromatic rings. The molecule has 0 aliphatic rings. The molecule has 0 aliphatic carbocycles. The van der Waals surface area contributed by atoms with Crippen molar-refractivity contribution in [3.8, 4) is 11.5 Å². The van der Waals surface area contributed by atoms with E-state index in [4.69, 9.17) is 38.4 Å². The quantitative estimate of drug-likeness (QED) is 0.345. The van der Waals surface area contributed by atoms with Crippen LogP contribution in [0.15, 0.2) is 41.5 Å². The summed E-state index contributed by atoms with van der Waals surface area (Å²) in [6, 6.07) is 8.45. The zero-order chi connectivity index (χ0) is 24.5. The van der Waals surface area contributed by atoms with Gasteiger partial charge in [-0.1, -0.05) is 37.0 Å². The predicted octanol–water partition coefficient (Wildman–Crippen LogP) is 2.77. The number of carbonyl (C=O) groups excluding carboxylic acids is 3. The van der Waals surface area contributed by atoms with Gasteiger partial charge in [-0.2, -0.15) is 5.10 Å². The zero-order valence-corrected chi connectivity index (χ0v) is 19.7. The predicted molar refractivity (Wildman–Crippen MR) is 126 cm³/mol. The first-order valence-corrected chi connectivity index (χ1v) is 10.6. The second kappa shape index (κ2) is 12.1. The lowest BCUT2D eigenvalue weighted by atomic mass is 10.0. The van der Waals surface area contributed by atoms with E-state index in [-0.39, 0.29) is 23.1 Å². The molecule has 4 N–H and O–H groups in total. The normalized spacial score (nSPS) is 11.8. The average Bonchev–Trinajstić information content (AvgIpc) is 2.77. The Labute approximate surface area is 201 Å². The topological polar surface area (TPSA) is 132 Å². The minimum atomic E-state index is -0.844. The van der Waals surface area contributed by atoms with Crippen LogP contribution in [-0.2, 0) is 9.59 Å². The lowest BCUT2D eigenvalue weighted by Gasteiger charge is -2.20. The van der Waals surface area contributed by atoms with Gasteiger partial charge < -0.3 is 20.5 Å². The first kappa shape index (κ1) is 26.0. The summed E-state index contributed by atoms with van der Waals surface area (Å²) in [6.45, 7) is 3.29. The van der Waals surface area contributed by atoms with Crippen molar-refractivity contribution in [3.05, 3.63) is 57.6 Å². The maximum absolute atomic E-state index is 12.6. The molecule has 2 rings (SSSR count). The van der Waals surface area contributed by atoms with Crippen LogP contribution < -0.4 is 25.9 Å². The fourth-order valence-corrected chi connectivity index (χ4v) is 2.97. The third-order valence-electron chi connectivity index (χ3n) is 4.36. The van der Waals surface area contributed by atoms with Crippen LogP contribution in [-0.4, -0.2) is 43.7 Å². The number of amides is 3. The monoisotopic (exact) mass is 494 g/mol. The Morgan fingerprint density at radius 1 is 1.09 bits per heavy atom. The van der Waals surface area contributed by atoms with Gasteiger partial charge in [-0.25, -0.2) is 5.43 Å². The van der Waals surface area contributed by atoms with Crippen LogP contribution in [0.25, 0.3) is 0 Å². The van der Waals surface area contributed by atoms with Crippen LogP contribution in [0.1, 0.15) is 29.8 Å². The zero-order valence-electron chi connectivity index (χ0n) is 18.2. The summed E-state index contributed by atoms with van der Waals surface area (Å²) < 4.78 is 10.5. The Hall–Kier alpha value is -3.30. The minimum absolute atomic E-state index is 0.214. The van der Waals surface area contributed by atoms with E-state index < -0.39 is 23.8 Å². The molecule has 1 atom stereocenters. The fraction of sp³-hybridized carbons (Fsp3) is 0.273. The summed E-state index contributed by atoms with van der Waals surface area (Å²) in [4.78, 5) is 36.0. The second-order valence-electron chi connectivity index (χ2n) is 7.22. The van der Waals surface area contributed by atoms with E-state index in [9.17, 15) is 14.4 Å². The third-order valence-corrected chi connectivity index (χ3v) is 5.10. The van der Waals surface area contributed by atoms with E-state index in [1.165, 1.54) is 31.5 Å². The largest absolute Gasteiger partial charge is 0.493 e. The number of hydrazone groups is 1. The van der Waals surface area contributed by atoms with Crippen LogP contribution in [0.5, 0.6) is 11.5 Å². The van der Waals surface area contributed by atoms with E-state index in [2.05, 4.69) is 15.8 Å². The first-order chi connectivity index (χ1) is 15.6. The third kappa shape index (κ3) is 7.65. The number of nitrogens with two attached hydrogens (primary N) is 1. The minimum Gasteiger partial charge on any atom is -0.493 e. The second-order valence-corrected chi connectivity index (χ2v) is 8.04. The molecule has 0 radical (unpaired) electrons. The molecular formula is C22H24Cl2N4O5. The van der Waals surface area contributed by atoms with Crippen molar-refractivity contribution in [2.45, 2.75) is 19.9 Å². The molecule has 0 saturated carbocycles. The van der Waals surface area contributed by atoms with Gasteiger partial charge in [0.25, 0.3) is 17.7 Å². The molecule has 0 aliphatic heterocycles. The van der Waals surface area contributed by atoms with Gasteiger partial charge in [-0.15, -0.1) is 0 Å². The van der Waals surface area contributed by atoms with Crippen molar-refractivity contribution in [2.75, 3.05) is 13.7 Å². The van der Waals surface area contributed by atoms with Crippen molar-refractivity contribution in [1.82, 2.24) is 10.7 Å². The lowest BCUT2D eigenvalue weighted by molar-refractivity contribution is -0.124. The molecular weight excluding hydrogens is 471 g/mol. The molecule has 0 saturated heterocycles. The first-order valence-electron chi connectivity index (χ1n) is 9.80. The van der Waals surface area contributed by atoms with E-state index in [1.807, 2.05) is 0 Å². The van der Waals surface area contributed by atoms with Crippen LogP contribution in [0.4, 0.5) is 0 Å². The highest BCUT2D eigenvalue weighted by atomic mass is 35.5. The Morgan fingerprint density at radius 2 is 1.82 bits per heavy atom. The number of rotatable bonds is 10. The fourth-order valence-electron chi connectivity index (χ4n) is 2.67. The molecule has 0 spiro atoms. The number of hydrogen-bond donors (Lipinski definition) is 3. The van der Waals surface area contributed by atoms with E-state index >= 15 is 0 Å². The average molecular weight is 495 g/mol. The molecule has 9 nitrogen and oxygen atoms in total. The van der Waals surface area contributed by atoms with Gasteiger partial charge >= 0.3 is 0 Å². The van der Waals surface area contributed by atoms with E-state index in [1.54, 1.807) is 32.0 Å². The molecule has 2 aromatic carbocycles. The molecule has 33 heavy (non-hydrogen) atoms. The lowest BCUT2D eigenvalue weighted by Crippen LogP contribution is -2.48. The van der Waals surface area contributed by atoms with Crippen molar-refractivity contribution < 1.29 is 23.9 Å². The Bertz CT molecular complexity index is 1060. The highest BCUT2D eigenvalue weighted by molar-refractivity contribution is 6.42. The summed E-state index contributed by atoms with van der Waals surface area (Å²) in [6.07, 6.45) is 1.40. The number of methoxy groups -OCH3 is 1. The smallest absolute Gasteiger partial charge is 0.262 e. The number of primary amides is 1. The van der Waals surface area contributed by atoms with Crippen molar-refractivity contribution in [3.63, 3.8) is 0 Å². The van der Waals surface area contributed by atoms with Crippen LogP contribution in [0.2, 0.25) is 10.0 Å². The highest BCUT2D eigenvalue weighted by Gasteiger charge is 2.24. The standard InChI is InChI=1S/C22H24Cl2N4O5/c1-12(2)20(27-21(30)14-5-6-15(23)16(24)9-14)22(31)28-26-10-13-4-7-17(18(8-13)32-3)33-11-19(25)29/h4-10,12,20H,11H2,1-3H3,(H2,25,29)(H,27,30)(H,28,31). The SMILES string of the molecule is COc1cc(C=NNC(=O)C(NC(=O)c2ccc(Cl)c(Cl)c2)C(C)C)ccc1OCC(N)=O. The van der Waals surface area contributed by atoms with Crippen LogP contribution >= 0.6 is 23.2 Å².